The second-order valence-corrected chi connectivity index (χ2v) is 0. The van der Waals surface area contributed by atoms with Gasteiger partial charge >= 0.3 is 76.5 Å². The van der Waals surface area contributed by atoms with Crippen molar-refractivity contribution in [2.75, 3.05) is 0 Å². The normalized spacial score (nSPS) is 1.83. The molecule has 0 N–H and O–H groups in total. The van der Waals surface area contributed by atoms with Crippen molar-refractivity contribution >= 4 is 37.7 Å². The predicted octanol–water partition coefficient (Wildman–Crippen LogP) is -1.54. The molecule has 0 rings (SSSR count). The van der Waals surface area contributed by atoms with E-state index in [4.69, 9.17) is 7.76 Å². The summed E-state index contributed by atoms with van der Waals surface area (Å²) in [7, 11) is 0. The van der Waals surface area contributed by atoms with Gasteiger partial charge in [0.2, 0.25) is 0 Å². The van der Waals surface area contributed by atoms with Gasteiger partial charge in [0.1, 0.15) is 0 Å². The molecule has 0 fully saturated rings. The van der Waals surface area contributed by atoms with Crippen LogP contribution < -0.4 is 0 Å². The van der Waals surface area contributed by atoms with Crippen LogP contribution in [0.25, 0.3) is 0 Å². The minimum absolute atomic E-state index is 0. The van der Waals surface area contributed by atoms with Gasteiger partial charge in [0, 0.05) is 0 Å². The monoisotopic (exact) mass is 165 g/mol. The van der Waals surface area contributed by atoms with Crippen molar-refractivity contribution < 1.29 is 38.8 Å². The molecule has 6 heteroatoms. The molecule has 0 spiro atoms. The first-order valence-corrected chi connectivity index (χ1v) is 1.09. The summed E-state index contributed by atoms with van der Waals surface area (Å²) in [5, 5.41) is 0. The predicted molar refractivity (Wildman–Crippen MR) is 15.7 cm³/mol. The third-order valence-corrected chi connectivity index (χ3v) is 0. The molecule has 0 radical (unpaired) electrons. The van der Waals surface area contributed by atoms with Crippen LogP contribution in [-0.2, 0) is 38.8 Å². The molecule has 0 amide bonds. The zero-order valence-corrected chi connectivity index (χ0v) is 3.49. The van der Waals surface area contributed by atoms with Crippen LogP contribution in [0.3, 0.4) is 0 Å². The van der Waals surface area contributed by atoms with E-state index in [9.17, 15) is 0 Å². The van der Waals surface area contributed by atoms with Gasteiger partial charge in [-0.2, -0.15) is 0 Å². The maximum absolute atomic E-state index is 7.94. The van der Waals surface area contributed by atoms with E-state index < -0.39 is 0 Å². The molecule has 0 aliphatic heterocycles. The Morgan fingerprint density at radius 3 is 1.00 bits per heavy atom. The SMILES string of the molecule is [LiH].[LiH].[O]=[Co].[O]=[Ni]. The fourth-order valence-electron chi connectivity index (χ4n) is 0. The van der Waals surface area contributed by atoms with E-state index in [1.807, 2.05) is 0 Å². The molecule has 0 aromatic heterocycles. The zero-order chi connectivity index (χ0) is 4.00. The molecule has 0 aliphatic carbocycles. The molecule has 0 bridgehead atoms. The van der Waals surface area contributed by atoms with E-state index in [0.717, 1.165) is 0 Å². The molecule has 0 aromatic carbocycles. The van der Waals surface area contributed by atoms with Gasteiger partial charge in [-0.1, -0.05) is 0 Å². The number of hydrogen-bond donors (Lipinski definition) is 0. The van der Waals surface area contributed by atoms with E-state index >= 15 is 0 Å². The third kappa shape index (κ3) is 41.4. The van der Waals surface area contributed by atoms with Gasteiger partial charge in [-0.25, -0.2) is 0 Å². The number of rotatable bonds is 0. The van der Waals surface area contributed by atoms with Crippen LogP contribution >= 0.6 is 0 Å². The van der Waals surface area contributed by atoms with Crippen LogP contribution in [-0.4, -0.2) is 37.7 Å². The molecule has 0 saturated heterocycles. The Balaban J connectivity index is -0.00000000500. The van der Waals surface area contributed by atoms with Crippen molar-refractivity contribution in [1.29, 1.82) is 0 Å². The van der Waals surface area contributed by atoms with Crippen LogP contribution in [0.1, 0.15) is 0 Å². The molecular weight excluding hydrogens is 164 g/mol. The van der Waals surface area contributed by atoms with E-state index in [1.54, 1.807) is 0 Å². The molecule has 2 nitrogen and oxygen atoms in total. The van der Waals surface area contributed by atoms with E-state index in [2.05, 4.69) is 31.1 Å². The first-order valence-electron chi connectivity index (χ1n) is 0.265. The first kappa shape index (κ1) is 25.0. The second-order valence-electron chi connectivity index (χ2n) is 0. The molecule has 0 atom stereocenters. The molecule has 0 aromatic rings. The van der Waals surface area contributed by atoms with Crippen molar-refractivity contribution in [2.45, 2.75) is 0 Å². The van der Waals surface area contributed by atoms with Crippen molar-refractivity contribution in [3.05, 3.63) is 0 Å². The van der Waals surface area contributed by atoms with E-state index in [-0.39, 0.29) is 37.7 Å². The molecule has 0 heterocycles. The van der Waals surface area contributed by atoms with Gasteiger partial charge in [0.05, 0.1) is 0 Å². The average Bonchev–Trinajstić information content (AvgIpc) is 1.50. The Labute approximate surface area is 75.9 Å². The summed E-state index contributed by atoms with van der Waals surface area (Å²) in [6.45, 7) is 0. The number of hydrogen-bond acceptors (Lipinski definition) is 2. The minimum atomic E-state index is 0. The Bertz CT molecular complexity index is 13.5. The van der Waals surface area contributed by atoms with Gasteiger partial charge in [-0.05, 0) is 0 Å². The van der Waals surface area contributed by atoms with E-state index in [1.165, 1.54) is 0 Å². The molecule has 0 aliphatic rings. The quantitative estimate of drug-likeness (QED) is 0.408. The van der Waals surface area contributed by atoms with Gasteiger partial charge < -0.3 is 0 Å². The second kappa shape index (κ2) is 70.8. The fourth-order valence-corrected chi connectivity index (χ4v) is 0. The van der Waals surface area contributed by atoms with Crippen molar-refractivity contribution in [1.82, 2.24) is 0 Å². The summed E-state index contributed by atoms with van der Waals surface area (Å²) >= 11 is 4.94. The van der Waals surface area contributed by atoms with Crippen LogP contribution in [0.2, 0.25) is 0 Å². The van der Waals surface area contributed by atoms with Crippen molar-refractivity contribution in [3.8, 4) is 0 Å². The van der Waals surface area contributed by atoms with Crippen molar-refractivity contribution in [3.63, 3.8) is 0 Å². The summed E-state index contributed by atoms with van der Waals surface area (Å²) < 4.78 is 15.8. The molecular formula is H2CoLi2NiO2. The molecule has 35 valence electrons. The summed E-state index contributed by atoms with van der Waals surface area (Å²) in [6, 6.07) is 0. The van der Waals surface area contributed by atoms with Gasteiger partial charge in [0.15, 0.2) is 0 Å². The summed E-state index contributed by atoms with van der Waals surface area (Å²) in [4.78, 5) is 0. The standard InChI is InChI=1S/Co.2Li.Ni.2O.2H. The summed E-state index contributed by atoms with van der Waals surface area (Å²) in [5.74, 6) is 0. The molecule has 0 unspecified atom stereocenters. The zero-order valence-electron chi connectivity index (χ0n) is 1.47. The summed E-state index contributed by atoms with van der Waals surface area (Å²) in [5.41, 5.74) is 0. The Morgan fingerprint density at radius 1 is 1.00 bits per heavy atom. The van der Waals surface area contributed by atoms with Gasteiger partial charge in [-0.3, -0.25) is 0 Å². The topological polar surface area (TPSA) is 34.1 Å². The molecule has 0 saturated carbocycles. The van der Waals surface area contributed by atoms with E-state index in [0.29, 0.717) is 0 Å². The fraction of sp³-hybridized carbons (Fsp3) is 0. The Hall–Kier alpha value is 1.79. The maximum atomic E-state index is 7.94. The van der Waals surface area contributed by atoms with Crippen LogP contribution in [0.15, 0.2) is 0 Å². The van der Waals surface area contributed by atoms with Gasteiger partial charge in [0.25, 0.3) is 0 Å². The Kier molecular flexibility index (Phi) is 295. The third-order valence-electron chi connectivity index (χ3n) is 0. The molecule has 6 heavy (non-hydrogen) atoms. The van der Waals surface area contributed by atoms with Crippen molar-refractivity contribution in [2.24, 2.45) is 0 Å². The van der Waals surface area contributed by atoms with Gasteiger partial charge in [-0.15, -0.1) is 0 Å². The summed E-state index contributed by atoms with van der Waals surface area (Å²) in [6.07, 6.45) is 0. The van der Waals surface area contributed by atoms with Crippen LogP contribution in [0.4, 0.5) is 0 Å². The first-order chi connectivity index (χ1) is 2.00. The van der Waals surface area contributed by atoms with Crippen LogP contribution in [0, 0.1) is 0 Å². The van der Waals surface area contributed by atoms with Crippen LogP contribution in [0.5, 0.6) is 0 Å². The average molecular weight is 166 g/mol. The Morgan fingerprint density at radius 2 is 1.00 bits per heavy atom.